The Morgan fingerprint density at radius 2 is 2.11 bits per heavy atom. The zero-order valence-corrected chi connectivity index (χ0v) is 12.9. The summed E-state index contributed by atoms with van der Waals surface area (Å²) in [5.41, 5.74) is 0.941. The Kier molecular flexibility index (Phi) is 7.54. The summed E-state index contributed by atoms with van der Waals surface area (Å²) < 4.78 is 5.67. The largest absolute Gasteiger partial charge is 0.492 e. The molecule has 2 N–H and O–H groups in total. The summed E-state index contributed by atoms with van der Waals surface area (Å²) in [6, 6.07) is 3.53. The van der Waals surface area contributed by atoms with Crippen molar-refractivity contribution in [1.29, 1.82) is 0 Å². The molecule has 0 heterocycles. The zero-order valence-electron chi connectivity index (χ0n) is 11.4. The third kappa shape index (κ3) is 6.00. The second-order valence-electron chi connectivity index (χ2n) is 4.54. The molecule has 5 heteroatoms. The van der Waals surface area contributed by atoms with Gasteiger partial charge in [-0.1, -0.05) is 30.1 Å². The Labute approximate surface area is 124 Å². The molecule has 1 rings (SSSR count). The van der Waals surface area contributed by atoms with Gasteiger partial charge in [0.2, 0.25) is 0 Å². The molecule has 1 aromatic rings. The van der Waals surface area contributed by atoms with E-state index in [1.807, 2.05) is 6.07 Å². The van der Waals surface area contributed by atoms with Crippen LogP contribution >= 0.6 is 23.2 Å². The van der Waals surface area contributed by atoms with Crippen molar-refractivity contribution in [3.05, 3.63) is 27.7 Å². The lowest BCUT2D eigenvalue weighted by atomic mass is 10.2. The molecule has 0 saturated heterocycles. The molecule has 1 atom stereocenters. The Morgan fingerprint density at radius 1 is 1.37 bits per heavy atom. The average Bonchev–Trinajstić information content (AvgIpc) is 2.32. The van der Waals surface area contributed by atoms with Gasteiger partial charge in [-0.15, -0.1) is 0 Å². The molecule has 0 bridgehead atoms. The van der Waals surface area contributed by atoms with Crippen LogP contribution in [0.15, 0.2) is 12.1 Å². The van der Waals surface area contributed by atoms with Crippen molar-refractivity contribution in [1.82, 2.24) is 5.32 Å². The molecule has 0 amide bonds. The van der Waals surface area contributed by atoms with Crippen LogP contribution in [0.5, 0.6) is 5.75 Å². The molecular weight excluding hydrogens is 285 g/mol. The normalized spacial score (nSPS) is 12.5. The van der Waals surface area contributed by atoms with Crippen LogP contribution in [-0.2, 0) is 6.54 Å². The summed E-state index contributed by atoms with van der Waals surface area (Å²) >= 11 is 12.2. The monoisotopic (exact) mass is 305 g/mol. The molecule has 1 aromatic carbocycles. The Balaban J connectivity index is 2.74. The molecular formula is C14H21Cl2NO2. The third-order valence-electron chi connectivity index (χ3n) is 2.61. The van der Waals surface area contributed by atoms with Crippen LogP contribution < -0.4 is 10.1 Å². The highest BCUT2D eigenvalue weighted by Gasteiger charge is 2.11. The SMILES string of the molecule is CCCNCc1cc(Cl)cc(Cl)c1OCCC(C)O. The van der Waals surface area contributed by atoms with E-state index in [9.17, 15) is 5.11 Å². The standard InChI is InChI=1S/C14H21Cl2NO2/c1-3-5-17-9-11-7-12(15)8-13(16)14(11)19-6-4-10(2)18/h7-8,10,17-18H,3-6,9H2,1-2H3. The van der Waals surface area contributed by atoms with Gasteiger partial charge in [-0.2, -0.15) is 0 Å². The van der Waals surface area contributed by atoms with Crippen LogP contribution in [-0.4, -0.2) is 24.4 Å². The van der Waals surface area contributed by atoms with Gasteiger partial charge in [0.1, 0.15) is 5.75 Å². The number of aliphatic hydroxyl groups is 1. The molecule has 108 valence electrons. The lowest BCUT2D eigenvalue weighted by Crippen LogP contribution is -2.15. The van der Waals surface area contributed by atoms with Gasteiger partial charge < -0.3 is 15.2 Å². The molecule has 19 heavy (non-hydrogen) atoms. The molecule has 0 saturated carbocycles. The second kappa shape index (κ2) is 8.64. The van der Waals surface area contributed by atoms with E-state index in [0.29, 0.717) is 35.4 Å². The van der Waals surface area contributed by atoms with Crippen molar-refractivity contribution in [2.24, 2.45) is 0 Å². The van der Waals surface area contributed by atoms with Gasteiger partial charge in [0.15, 0.2) is 0 Å². The predicted octanol–water partition coefficient (Wildman–Crippen LogP) is 3.64. The summed E-state index contributed by atoms with van der Waals surface area (Å²) in [5, 5.41) is 13.6. The van der Waals surface area contributed by atoms with Crippen molar-refractivity contribution in [2.45, 2.75) is 39.3 Å². The number of benzene rings is 1. The third-order valence-corrected chi connectivity index (χ3v) is 3.11. The summed E-state index contributed by atoms with van der Waals surface area (Å²) in [5.74, 6) is 0.648. The number of rotatable bonds is 8. The van der Waals surface area contributed by atoms with Crippen molar-refractivity contribution >= 4 is 23.2 Å². The van der Waals surface area contributed by atoms with Gasteiger partial charge in [-0.05, 0) is 32.0 Å². The first-order valence-corrected chi connectivity index (χ1v) is 7.29. The Hall–Kier alpha value is -0.480. The molecule has 1 unspecified atom stereocenters. The van der Waals surface area contributed by atoms with Crippen LogP contribution in [0.4, 0.5) is 0 Å². The van der Waals surface area contributed by atoms with E-state index < -0.39 is 0 Å². The van der Waals surface area contributed by atoms with E-state index in [1.165, 1.54) is 0 Å². The van der Waals surface area contributed by atoms with Crippen molar-refractivity contribution in [3.8, 4) is 5.75 Å². The molecule has 3 nitrogen and oxygen atoms in total. The topological polar surface area (TPSA) is 41.5 Å². The quantitative estimate of drug-likeness (QED) is 0.720. The summed E-state index contributed by atoms with van der Waals surface area (Å²) in [6.07, 6.45) is 1.25. The van der Waals surface area contributed by atoms with Gasteiger partial charge in [0, 0.05) is 23.6 Å². The fraction of sp³-hybridized carbons (Fsp3) is 0.571. The smallest absolute Gasteiger partial charge is 0.142 e. The molecule has 0 aliphatic heterocycles. The number of hydrogen-bond donors (Lipinski definition) is 2. The van der Waals surface area contributed by atoms with Crippen LogP contribution in [0, 0.1) is 0 Å². The number of aliphatic hydroxyl groups excluding tert-OH is 1. The number of halogens is 2. The first-order valence-electron chi connectivity index (χ1n) is 6.54. The maximum absolute atomic E-state index is 9.24. The summed E-state index contributed by atoms with van der Waals surface area (Å²) in [7, 11) is 0. The minimum Gasteiger partial charge on any atom is -0.492 e. The molecule has 0 aliphatic rings. The lowest BCUT2D eigenvalue weighted by molar-refractivity contribution is 0.155. The number of ether oxygens (including phenoxy) is 1. The fourth-order valence-electron chi connectivity index (χ4n) is 1.64. The van der Waals surface area contributed by atoms with Gasteiger partial charge >= 0.3 is 0 Å². The Bertz CT molecular complexity index is 397. The molecule has 0 spiro atoms. The van der Waals surface area contributed by atoms with E-state index in [1.54, 1.807) is 13.0 Å². The van der Waals surface area contributed by atoms with Crippen molar-refractivity contribution < 1.29 is 9.84 Å². The first-order chi connectivity index (χ1) is 9.04. The van der Waals surface area contributed by atoms with E-state index in [2.05, 4.69) is 12.2 Å². The van der Waals surface area contributed by atoms with Crippen LogP contribution in [0.2, 0.25) is 10.0 Å². The summed E-state index contributed by atoms with van der Waals surface area (Å²) in [6.45, 7) is 5.86. The molecule has 0 aliphatic carbocycles. The zero-order chi connectivity index (χ0) is 14.3. The van der Waals surface area contributed by atoms with E-state index >= 15 is 0 Å². The van der Waals surface area contributed by atoms with E-state index in [0.717, 1.165) is 18.5 Å². The van der Waals surface area contributed by atoms with Gasteiger partial charge in [-0.3, -0.25) is 0 Å². The second-order valence-corrected chi connectivity index (χ2v) is 5.38. The Morgan fingerprint density at radius 3 is 2.74 bits per heavy atom. The van der Waals surface area contributed by atoms with Gasteiger partial charge in [-0.25, -0.2) is 0 Å². The number of hydrogen-bond acceptors (Lipinski definition) is 3. The van der Waals surface area contributed by atoms with Crippen LogP contribution in [0.25, 0.3) is 0 Å². The predicted molar refractivity (Wildman–Crippen MR) is 80.3 cm³/mol. The minimum absolute atomic E-state index is 0.382. The average molecular weight is 306 g/mol. The molecule has 0 aromatic heterocycles. The highest BCUT2D eigenvalue weighted by atomic mass is 35.5. The maximum atomic E-state index is 9.24. The van der Waals surface area contributed by atoms with Crippen molar-refractivity contribution in [3.63, 3.8) is 0 Å². The van der Waals surface area contributed by atoms with Crippen LogP contribution in [0.3, 0.4) is 0 Å². The van der Waals surface area contributed by atoms with E-state index in [-0.39, 0.29) is 6.10 Å². The summed E-state index contributed by atoms with van der Waals surface area (Å²) in [4.78, 5) is 0. The van der Waals surface area contributed by atoms with Crippen LogP contribution in [0.1, 0.15) is 32.3 Å². The highest BCUT2D eigenvalue weighted by molar-refractivity contribution is 6.35. The lowest BCUT2D eigenvalue weighted by Gasteiger charge is -2.15. The highest BCUT2D eigenvalue weighted by Crippen LogP contribution is 2.32. The van der Waals surface area contributed by atoms with E-state index in [4.69, 9.17) is 27.9 Å². The van der Waals surface area contributed by atoms with Gasteiger partial charge in [0.25, 0.3) is 0 Å². The maximum Gasteiger partial charge on any atom is 0.142 e. The van der Waals surface area contributed by atoms with Gasteiger partial charge in [0.05, 0.1) is 17.7 Å². The molecule has 0 fully saturated rings. The van der Waals surface area contributed by atoms with Crippen molar-refractivity contribution in [2.75, 3.05) is 13.2 Å². The number of nitrogens with one attached hydrogen (secondary N) is 1. The molecule has 0 radical (unpaired) electrons. The fourth-order valence-corrected chi connectivity index (χ4v) is 2.23. The first kappa shape index (κ1) is 16.6. The minimum atomic E-state index is -0.382.